The van der Waals surface area contributed by atoms with E-state index in [4.69, 9.17) is 0 Å². The Morgan fingerprint density at radius 1 is 1.05 bits per heavy atom. The summed E-state index contributed by atoms with van der Waals surface area (Å²) in [6.45, 7) is 1.67. The molecular formula is C17H22N2O. The molecular weight excluding hydrogens is 248 g/mol. The SMILES string of the molecule is CN(C)CC(NCc1cccc(O)c1)c1ccccc1. The Bertz CT molecular complexity index is 526. The molecule has 3 heteroatoms. The highest BCUT2D eigenvalue weighted by Gasteiger charge is 2.11. The molecule has 0 saturated carbocycles. The Labute approximate surface area is 120 Å². The van der Waals surface area contributed by atoms with Crippen molar-refractivity contribution in [2.75, 3.05) is 20.6 Å². The molecule has 0 aliphatic carbocycles. The van der Waals surface area contributed by atoms with Crippen molar-refractivity contribution >= 4 is 0 Å². The summed E-state index contributed by atoms with van der Waals surface area (Å²) in [5.41, 5.74) is 2.37. The first kappa shape index (κ1) is 14.6. The van der Waals surface area contributed by atoms with Crippen LogP contribution in [0.4, 0.5) is 0 Å². The van der Waals surface area contributed by atoms with Gasteiger partial charge < -0.3 is 15.3 Å². The zero-order chi connectivity index (χ0) is 14.4. The van der Waals surface area contributed by atoms with Crippen LogP contribution in [0.2, 0.25) is 0 Å². The molecule has 0 aromatic heterocycles. The summed E-state index contributed by atoms with van der Waals surface area (Å²) in [5.74, 6) is 0.313. The largest absolute Gasteiger partial charge is 0.508 e. The second-order valence-corrected chi connectivity index (χ2v) is 5.28. The van der Waals surface area contributed by atoms with Gasteiger partial charge in [0.2, 0.25) is 0 Å². The van der Waals surface area contributed by atoms with Crippen molar-refractivity contribution in [2.24, 2.45) is 0 Å². The molecule has 0 aliphatic rings. The van der Waals surface area contributed by atoms with Crippen LogP contribution in [-0.4, -0.2) is 30.6 Å². The van der Waals surface area contributed by atoms with Crippen LogP contribution in [-0.2, 0) is 6.54 Å². The normalized spacial score (nSPS) is 12.6. The van der Waals surface area contributed by atoms with Crippen molar-refractivity contribution in [3.8, 4) is 5.75 Å². The van der Waals surface area contributed by atoms with Gasteiger partial charge in [-0.05, 0) is 37.4 Å². The highest BCUT2D eigenvalue weighted by atomic mass is 16.3. The van der Waals surface area contributed by atoms with Gasteiger partial charge in [-0.3, -0.25) is 0 Å². The first-order chi connectivity index (χ1) is 9.65. The lowest BCUT2D eigenvalue weighted by Crippen LogP contribution is -2.30. The minimum absolute atomic E-state index is 0.272. The zero-order valence-corrected chi connectivity index (χ0v) is 12.1. The first-order valence-corrected chi connectivity index (χ1v) is 6.86. The van der Waals surface area contributed by atoms with E-state index in [2.05, 4.69) is 48.6 Å². The van der Waals surface area contributed by atoms with E-state index in [-0.39, 0.29) is 6.04 Å². The number of likely N-dealkylation sites (N-methyl/N-ethyl adjacent to an activating group) is 1. The van der Waals surface area contributed by atoms with Crippen molar-refractivity contribution in [1.29, 1.82) is 0 Å². The van der Waals surface area contributed by atoms with E-state index >= 15 is 0 Å². The van der Waals surface area contributed by atoms with Crippen molar-refractivity contribution in [3.05, 3.63) is 65.7 Å². The Hall–Kier alpha value is -1.84. The lowest BCUT2D eigenvalue weighted by atomic mass is 10.1. The number of hydrogen-bond donors (Lipinski definition) is 2. The van der Waals surface area contributed by atoms with Crippen LogP contribution in [0.15, 0.2) is 54.6 Å². The molecule has 2 N–H and O–H groups in total. The Morgan fingerprint density at radius 3 is 2.45 bits per heavy atom. The van der Waals surface area contributed by atoms with Gasteiger partial charge in [0, 0.05) is 19.1 Å². The maximum Gasteiger partial charge on any atom is 0.115 e. The van der Waals surface area contributed by atoms with Crippen molar-refractivity contribution in [3.63, 3.8) is 0 Å². The Kier molecular flexibility index (Phi) is 5.16. The summed E-state index contributed by atoms with van der Waals surface area (Å²) < 4.78 is 0. The second kappa shape index (κ2) is 7.08. The van der Waals surface area contributed by atoms with Gasteiger partial charge in [0.15, 0.2) is 0 Å². The standard InChI is InChI=1S/C17H22N2O/c1-19(2)13-17(15-8-4-3-5-9-15)18-12-14-7-6-10-16(20)11-14/h3-11,17-18,20H,12-13H2,1-2H3. The van der Waals surface area contributed by atoms with E-state index in [1.54, 1.807) is 12.1 Å². The Balaban J connectivity index is 2.05. The molecule has 1 unspecified atom stereocenters. The number of aromatic hydroxyl groups is 1. The third-order valence-corrected chi connectivity index (χ3v) is 3.21. The average molecular weight is 270 g/mol. The first-order valence-electron chi connectivity index (χ1n) is 6.86. The molecule has 0 aliphatic heterocycles. The van der Waals surface area contributed by atoms with Crippen LogP contribution in [0.5, 0.6) is 5.75 Å². The van der Waals surface area contributed by atoms with Crippen molar-refractivity contribution in [2.45, 2.75) is 12.6 Å². The van der Waals surface area contributed by atoms with Crippen LogP contribution in [0, 0.1) is 0 Å². The maximum atomic E-state index is 9.50. The van der Waals surface area contributed by atoms with Crippen LogP contribution >= 0.6 is 0 Å². The van der Waals surface area contributed by atoms with Gasteiger partial charge in [-0.1, -0.05) is 42.5 Å². The van der Waals surface area contributed by atoms with Crippen molar-refractivity contribution in [1.82, 2.24) is 10.2 Å². The lowest BCUT2D eigenvalue weighted by molar-refractivity contribution is 0.340. The molecule has 0 spiro atoms. The molecule has 2 aromatic carbocycles. The minimum atomic E-state index is 0.272. The third kappa shape index (κ3) is 4.37. The number of phenolic OH excluding ortho intramolecular Hbond substituents is 1. The molecule has 0 bridgehead atoms. The van der Waals surface area contributed by atoms with E-state index in [1.807, 2.05) is 18.2 Å². The van der Waals surface area contributed by atoms with Crippen LogP contribution < -0.4 is 5.32 Å². The van der Waals surface area contributed by atoms with Gasteiger partial charge >= 0.3 is 0 Å². The molecule has 0 heterocycles. The highest BCUT2D eigenvalue weighted by molar-refractivity contribution is 5.27. The fourth-order valence-corrected chi connectivity index (χ4v) is 2.25. The lowest BCUT2D eigenvalue weighted by Gasteiger charge is -2.23. The number of rotatable bonds is 6. The number of nitrogens with one attached hydrogen (secondary N) is 1. The summed E-state index contributed by atoms with van der Waals surface area (Å²) in [6, 6.07) is 18.1. The molecule has 0 amide bonds. The number of benzene rings is 2. The third-order valence-electron chi connectivity index (χ3n) is 3.21. The molecule has 0 saturated heterocycles. The van der Waals surface area contributed by atoms with E-state index < -0.39 is 0 Å². The molecule has 0 fully saturated rings. The Morgan fingerprint density at radius 2 is 1.80 bits per heavy atom. The van der Waals surface area contributed by atoms with Gasteiger partial charge in [0.05, 0.1) is 0 Å². The van der Waals surface area contributed by atoms with Gasteiger partial charge in [0.25, 0.3) is 0 Å². The predicted octanol–water partition coefficient (Wildman–Crippen LogP) is 2.78. The second-order valence-electron chi connectivity index (χ2n) is 5.28. The number of phenols is 1. The van der Waals surface area contributed by atoms with Gasteiger partial charge in [-0.2, -0.15) is 0 Å². The molecule has 1 atom stereocenters. The van der Waals surface area contributed by atoms with E-state index in [1.165, 1.54) is 5.56 Å². The summed E-state index contributed by atoms with van der Waals surface area (Å²) in [4.78, 5) is 2.17. The van der Waals surface area contributed by atoms with Crippen LogP contribution in [0.1, 0.15) is 17.2 Å². The minimum Gasteiger partial charge on any atom is -0.508 e. The van der Waals surface area contributed by atoms with E-state index in [0.29, 0.717) is 5.75 Å². The summed E-state index contributed by atoms with van der Waals surface area (Å²) in [6.07, 6.45) is 0. The number of nitrogens with zero attached hydrogens (tertiary/aromatic N) is 1. The smallest absolute Gasteiger partial charge is 0.115 e. The predicted molar refractivity (Wildman–Crippen MR) is 82.7 cm³/mol. The molecule has 0 radical (unpaired) electrons. The summed E-state index contributed by atoms with van der Waals surface area (Å²) >= 11 is 0. The van der Waals surface area contributed by atoms with Gasteiger partial charge in [0.1, 0.15) is 5.75 Å². The van der Waals surface area contributed by atoms with Crippen LogP contribution in [0.25, 0.3) is 0 Å². The highest BCUT2D eigenvalue weighted by Crippen LogP contribution is 2.16. The van der Waals surface area contributed by atoms with Gasteiger partial charge in [-0.25, -0.2) is 0 Å². The number of hydrogen-bond acceptors (Lipinski definition) is 3. The monoisotopic (exact) mass is 270 g/mol. The molecule has 2 rings (SSSR count). The zero-order valence-electron chi connectivity index (χ0n) is 12.1. The van der Waals surface area contributed by atoms with Gasteiger partial charge in [-0.15, -0.1) is 0 Å². The molecule has 3 nitrogen and oxygen atoms in total. The van der Waals surface area contributed by atoms with Crippen molar-refractivity contribution < 1.29 is 5.11 Å². The molecule has 106 valence electrons. The molecule has 20 heavy (non-hydrogen) atoms. The quantitative estimate of drug-likeness (QED) is 0.847. The topological polar surface area (TPSA) is 35.5 Å². The van der Waals surface area contributed by atoms with E-state index in [0.717, 1.165) is 18.7 Å². The van der Waals surface area contributed by atoms with E-state index in [9.17, 15) is 5.11 Å². The van der Waals surface area contributed by atoms with Crippen LogP contribution in [0.3, 0.4) is 0 Å². The fourth-order valence-electron chi connectivity index (χ4n) is 2.25. The molecule has 2 aromatic rings. The fraction of sp³-hybridized carbons (Fsp3) is 0.294. The summed E-state index contributed by atoms with van der Waals surface area (Å²) in [5, 5.41) is 13.1. The average Bonchev–Trinajstić information content (AvgIpc) is 2.44. The maximum absolute atomic E-state index is 9.50. The summed E-state index contributed by atoms with van der Waals surface area (Å²) in [7, 11) is 4.15.